The lowest BCUT2D eigenvalue weighted by Crippen LogP contribution is -2.34. The average molecular weight is 143 g/mol. The Morgan fingerprint density at radius 1 is 1.70 bits per heavy atom. The normalized spacial score (nSPS) is 51.6. The van der Waals surface area contributed by atoms with Crippen LogP contribution in [-0.2, 0) is 4.79 Å². The van der Waals surface area contributed by atoms with Crippen molar-refractivity contribution in [2.45, 2.75) is 25.6 Å². The molecule has 1 saturated carbocycles. The Bertz CT molecular complexity index is 172. The smallest absolute Gasteiger partial charge is 0.220 e. The van der Waals surface area contributed by atoms with Gasteiger partial charge >= 0.3 is 0 Å². The Morgan fingerprint density at radius 3 is 3.00 bits per heavy atom. The first kappa shape index (κ1) is 6.13. The van der Waals surface area contributed by atoms with Gasteiger partial charge < -0.3 is 5.32 Å². The number of halogens is 1. The van der Waals surface area contributed by atoms with Crippen LogP contribution in [0.4, 0.5) is 4.39 Å². The third kappa shape index (κ3) is 0.662. The highest BCUT2D eigenvalue weighted by Crippen LogP contribution is 2.44. The molecule has 4 atom stereocenters. The van der Waals surface area contributed by atoms with E-state index < -0.39 is 6.17 Å². The van der Waals surface area contributed by atoms with Crippen molar-refractivity contribution in [1.82, 2.24) is 5.32 Å². The first-order valence-electron chi connectivity index (χ1n) is 3.63. The topological polar surface area (TPSA) is 29.1 Å². The van der Waals surface area contributed by atoms with Gasteiger partial charge in [-0.2, -0.15) is 0 Å². The number of fused-ring (bicyclic) bond motifs is 1. The number of carbonyl (C=O) groups excluding carboxylic acids is 1. The van der Waals surface area contributed by atoms with Gasteiger partial charge in [0.15, 0.2) is 0 Å². The molecule has 0 bridgehead atoms. The molecule has 1 aliphatic heterocycles. The zero-order chi connectivity index (χ0) is 7.30. The number of rotatable bonds is 0. The predicted molar refractivity (Wildman–Crippen MR) is 34.1 cm³/mol. The number of carbonyl (C=O) groups is 1. The quantitative estimate of drug-likeness (QED) is 0.525. The summed E-state index contributed by atoms with van der Waals surface area (Å²) in [5.41, 5.74) is 0. The lowest BCUT2D eigenvalue weighted by atomic mass is 9.99. The zero-order valence-electron chi connectivity index (χ0n) is 5.80. The number of nitrogens with one attached hydrogen (secondary N) is 1. The fraction of sp³-hybridized carbons (Fsp3) is 0.857. The molecular weight excluding hydrogens is 133 g/mol. The average Bonchev–Trinajstić information content (AvgIpc) is 2.42. The van der Waals surface area contributed by atoms with Gasteiger partial charge in [0.2, 0.25) is 5.91 Å². The van der Waals surface area contributed by atoms with Gasteiger partial charge in [0.1, 0.15) is 6.17 Å². The van der Waals surface area contributed by atoms with Gasteiger partial charge in [-0.25, -0.2) is 4.39 Å². The van der Waals surface area contributed by atoms with E-state index in [9.17, 15) is 9.18 Å². The van der Waals surface area contributed by atoms with E-state index in [1.807, 2.05) is 6.92 Å². The van der Waals surface area contributed by atoms with Crippen molar-refractivity contribution < 1.29 is 9.18 Å². The Labute approximate surface area is 58.8 Å². The lowest BCUT2D eigenvalue weighted by molar-refractivity contribution is -0.123. The Kier molecular flexibility index (Phi) is 1.05. The van der Waals surface area contributed by atoms with Crippen LogP contribution in [0.25, 0.3) is 0 Å². The molecule has 1 amide bonds. The molecule has 1 heterocycles. The van der Waals surface area contributed by atoms with E-state index >= 15 is 0 Å². The molecule has 1 aliphatic carbocycles. The summed E-state index contributed by atoms with van der Waals surface area (Å²) in [5, 5.41) is 2.62. The summed E-state index contributed by atoms with van der Waals surface area (Å²) >= 11 is 0. The summed E-state index contributed by atoms with van der Waals surface area (Å²) in [6.07, 6.45) is -0.261. The highest BCUT2D eigenvalue weighted by atomic mass is 19.1. The molecule has 2 nitrogen and oxygen atoms in total. The van der Waals surface area contributed by atoms with Crippen molar-refractivity contribution in [2.24, 2.45) is 11.8 Å². The molecule has 3 heteroatoms. The molecule has 0 aromatic rings. The van der Waals surface area contributed by atoms with E-state index in [-0.39, 0.29) is 23.8 Å². The monoisotopic (exact) mass is 143 g/mol. The first-order chi connectivity index (χ1) is 4.70. The second-order valence-electron chi connectivity index (χ2n) is 3.30. The lowest BCUT2D eigenvalue weighted by Gasteiger charge is -2.15. The molecule has 0 unspecified atom stereocenters. The van der Waals surface area contributed by atoms with Crippen molar-refractivity contribution >= 4 is 5.91 Å². The van der Waals surface area contributed by atoms with Gasteiger partial charge in [-0.1, -0.05) is 6.92 Å². The molecule has 2 fully saturated rings. The van der Waals surface area contributed by atoms with E-state index in [0.717, 1.165) is 0 Å². The third-order valence-corrected chi connectivity index (χ3v) is 2.48. The molecule has 0 spiro atoms. The minimum atomic E-state index is -0.763. The predicted octanol–water partition coefficient (Wildman–Crippen LogP) is 0.479. The van der Waals surface area contributed by atoms with Crippen LogP contribution < -0.4 is 5.32 Å². The molecule has 2 aliphatic rings. The second-order valence-corrected chi connectivity index (χ2v) is 3.30. The number of hydrogen-bond donors (Lipinski definition) is 1. The minimum absolute atomic E-state index is 0.00824. The summed E-state index contributed by atoms with van der Waals surface area (Å²) in [4.78, 5) is 10.8. The van der Waals surface area contributed by atoms with Crippen molar-refractivity contribution in [2.75, 3.05) is 0 Å². The van der Waals surface area contributed by atoms with Crippen molar-refractivity contribution in [1.29, 1.82) is 0 Å². The van der Waals surface area contributed by atoms with Crippen molar-refractivity contribution in [3.63, 3.8) is 0 Å². The van der Waals surface area contributed by atoms with E-state index in [1.165, 1.54) is 0 Å². The maximum Gasteiger partial charge on any atom is 0.220 e. The third-order valence-electron chi connectivity index (χ3n) is 2.48. The maximum atomic E-state index is 12.7. The summed E-state index contributed by atoms with van der Waals surface area (Å²) in [6.45, 7) is 1.94. The van der Waals surface area contributed by atoms with Crippen LogP contribution in [0.15, 0.2) is 0 Å². The fourth-order valence-corrected chi connectivity index (χ4v) is 1.81. The van der Waals surface area contributed by atoms with Gasteiger partial charge in [-0.05, 0) is 5.92 Å². The van der Waals surface area contributed by atoms with Crippen LogP contribution >= 0.6 is 0 Å². The Hall–Kier alpha value is -0.600. The highest BCUT2D eigenvalue weighted by molar-refractivity contribution is 5.78. The highest BCUT2D eigenvalue weighted by Gasteiger charge is 2.57. The summed E-state index contributed by atoms with van der Waals surface area (Å²) in [7, 11) is 0. The van der Waals surface area contributed by atoms with Crippen LogP contribution in [0.2, 0.25) is 0 Å². The molecular formula is C7H10FNO. The largest absolute Gasteiger partial charge is 0.350 e. The Morgan fingerprint density at radius 2 is 2.40 bits per heavy atom. The SMILES string of the molecule is C[C@H]1CC(=O)N[C@@H]2[C@H](F)[C@@H]21. The maximum absolute atomic E-state index is 12.7. The molecule has 56 valence electrons. The molecule has 0 aromatic carbocycles. The van der Waals surface area contributed by atoms with Crippen molar-refractivity contribution in [3.8, 4) is 0 Å². The van der Waals surface area contributed by atoms with Crippen LogP contribution in [0.5, 0.6) is 0 Å². The summed E-state index contributed by atoms with van der Waals surface area (Å²) < 4.78 is 12.7. The van der Waals surface area contributed by atoms with E-state index in [1.54, 1.807) is 0 Å². The number of piperidine rings is 1. The molecule has 2 rings (SSSR count). The van der Waals surface area contributed by atoms with Crippen molar-refractivity contribution in [3.05, 3.63) is 0 Å². The van der Waals surface area contributed by atoms with E-state index in [0.29, 0.717) is 6.42 Å². The number of hydrogen-bond acceptors (Lipinski definition) is 1. The molecule has 1 N–H and O–H groups in total. The van der Waals surface area contributed by atoms with Gasteiger partial charge in [0.25, 0.3) is 0 Å². The van der Waals surface area contributed by atoms with E-state index in [4.69, 9.17) is 0 Å². The van der Waals surface area contributed by atoms with Crippen LogP contribution in [0, 0.1) is 11.8 Å². The second kappa shape index (κ2) is 1.71. The van der Waals surface area contributed by atoms with Crippen LogP contribution in [0.3, 0.4) is 0 Å². The Balaban J connectivity index is 2.09. The molecule has 10 heavy (non-hydrogen) atoms. The zero-order valence-corrected chi connectivity index (χ0v) is 5.80. The fourth-order valence-electron chi connectivity index (χ4n) is 1.81. The van der Waals surface area contributed by atoms with Crippen LogP contribution in [0.1, 0.15) is 13.3 Å². The van der Waals surface area contributed by atoms with E-state index in [2.05, 4.69) is 5.32 Å². The molecule has 0 radical (unpaired) electrons. The van der Waals surface area contributed by atoms with Gasteiger partial charge in [-0.15, -0.1) is 0 Å². The van der Waals surface area contributed by atoms with Crippen LogP contribution in [-0.4, -0.2) is 18.1 Å². The minimum Gasteiger partial charge on any atom is -0.350 e. The van der Waals surface area contributed by atoms with Gasteiger partial charge in [0, 0.05) is 12.3 Å². The number of alkyl halides is 1. The molecule has 0 aromatic heterocycles. The standard InChI is InChI=1S/C7H10FNO/c1-3-2-4(10)9-7-5(3)6(7)8/h3,5-7H,2H2,1H3,(H,9,10)/t3-,5-,6+,7-/m0/s1. The summed E-state index contributed by atoms with van der Waals surface area (Å²) in [6, 6.07) is -0.142. The van der Waals surface area contributed by atoms with Gasteiger partial charge in [0.05, 0.1) is 6.04 Å². The number of amides is 1. The molecule has 1 saturated heterocycles. The summed E-state index contributed by atoms with van der Waals surface area (Å²) in [5.74, 6) is 0.375. The first-order valence-corrected chi connectivity index (χ1v) is 3.63. The van der Waals surface area contributed by atoms with Gasteiger partial charge in [-0.3, -0.25) is 4.79 Å².